The highest BCUT2D eigenvalue weighted by molar-refractivity contribution is 7.91. The zero-order chi connectivity index (χ0) is 38.5. The second kappa shape index (κ2) is 14.4. The number of sulfonamides is 1. The Hall–Kier alpha value is -3.94. The Balaban J connectivity index is 1.36. The highest BCUT2D eigenvalue weighted by atomic mass is 32.2. The van der Waals surface area contributed by atoms with Crippen LogP contribution in [-0.2, 0) is 42.0 Å². The maximum Gasteiger partial charge on any atom is 0.407 e. The van der Waals surface area contributed by atoms with Crippen molar-refractivity contribution in [3.8, 4) is 5.88 Å². The van der Waals surface area contributed by atoms with Crippen LogP contribution in [0.2, 0.25) is 0 Å². The number of rotatable bonds is 7. The molecule has 6 rings (SSSR count). The van der Waals surface area contributed by atoms with Crippen LogP contribution in [0.15, 0.2) is 24.4 Å². The first-order valence-electron chi connectivity index (χ1n) is 19.1. The molecule has 4 bridgehead atoms. The molecule has 2 saturated carbocycles. The van der Waals surface area contributed by atoms with E-state index in [9.17, 15) is 27.6 Å². The van der Waals surface area contributed by atoms with Gasteiger partial charge in [-0.1, -0.05) is 67.0 Å². The summed E-state index contributed by atoms with van der Waals surface area (Å²) in [6.07, 6.45) is 5.53. The summed E-state index contributed by atoms with van der Waals surface area (Å²) in [5.41, 5.74) is -0.333. The molecule has 290 valence electrons. The predicted molar refractivity (Wildman–Crippen MR) is 199 cm³/mol. The number of ether oxygens (including phenoxy) is 2. The van der Waals surface area contributed by atoms with Gasteiger partial charge in [0.1, 0.15) is 23.7 Å². The number of benzene rings is 1. The molecule has 1 aromatic heterocycles. The van der Waals surface area contributed by atoms with Crippen LogP contribution in [0.4, 0.5) is 4.79 Å². The average Bonchev–Trinajstić information content (AvgIpc) is 4.02. The maximum absolute atomic E-state index is 14.6. The summed E-state index contributed by atoms with van der Waals surface area (Å²) in [4.78, 5) is 61.9. The van der Waals surface area contributed by atoms with Gasteiger partial charge in [-0.2, -0.15) is 0 Å². The van der Waals surface area contributed by atoms with Crippen molar-refractivity contribution in [2.75, 3.05) is 13.2 Å². The second-order valence-electron chi connectivity index (χ2n) is 17.3. The third kappa shape index (κ3) is 8.27. The summed E-state index contributed by atoms with van der Waals surface area (Å²) < 4.78 is 40.0. The molecule has 2 aliphatic heterocycles. The molecule has 5 atom stereocenters. The Labute approximate surface area is 312 Å². The number of aryl methyl sites for hydroxylation is 2. The Kier molecular flexibility index (Phi) is 10.5. The molecule has 14 heteroatoms. The largest absolute Gasteiger partial charge is 0.472 e. The number of alkyl carbamates (subject to hydrolysis) is 1. The molecule has 0 radical (unpaired) electrons. The van der Waals surface area contributed by atoms with Crippen LogP contribution in [0.5, 0.6) is 5.88 Å². The number of aromatic nitrogens is 1. The van der Waals surface area contributed by atoms with Crippen molar-refractivity contribution in [2.45, 2.75) is 135 Å². The van der Waals surface area contributed by atoms with Gasteiger partial charge in [0.2, 0.25) is 27.7 Å². The minimum Gasteiger partial charge on any atom is -0.472 e. The van der Waals surface area contributed by atoms with Gasteiger partial charge < -0.3 is 25.0 Å². The standard InChI is InChI=1S/C39H55N5O8S/c1-8-24-20-40-33-29-17-23(12-15-28(24)29)11-10-16-38(6,7)22-51-36(48)41-31(37(3,4)5)34(46)44-21-26(52-33)18-30(44)32(45)42-39(19-25(39)9-2)35(47)43-53(49,50)27-13-14-27/h12,15,17,20,25-27,30-31H,8-11,13-14,16,18-19,21-22H2,1-7H3,(H,41,48)(H,42,45)(H,43,47)/t25-,26-,30+,31-,39-/m1/s1. The third-order valence-corrected chi connectivity index (χ3v) is 13.2. The number of hydrogen-bond acceptors (Lipinski definition) is 9. The van der Waals surface area contributed by atoms with E-state index in [4.69, 9.17) is 14.5 Å². The molecule has 13 nitrogen and oxygen atoms in total. The fourth-order valence-electron chi connectivity index (χ4n) is 7.76. The third-order valence-electron chi connectivity index (χ3n) is 11.3. The fraction of sp³-hybridized carbons (Fsp3) is 0.667. The van der Waals surface area contributed by atoms with E-state index in [0.29, 0.717) is 25.1 Å². The molecule has 2 aliphatic carbocycles. The van der Waals surface area contributed by atoms with Crippen LogP contribution in [0, 0.1) is 16.7 Å². The molecule has 2 aromatic rings. The van der Waals surface area contributed by atoms with Gasteiger partial charge in [0.15, 0.2) is 0 Å². The summed E-state index contributed by atoms with van der Waals surface area (Å²) >= 11 is 0. The number of hydrogen-bond donors (Lipinski definition) is 3. The van der Waals surface area contributed by atoms with E-state index >= 15 is 0 Å². The van der Waals surface area contributed by atoms with Crippen molar-refractivity contribution in [1.82, 2.24) is 25.2 Å². The van der Waals surface area contributed by atoms with Crippen LogP contribution in [-0.4, -0.2) is 84.2 Å². The van der Waals surface area contributed by atoms with Gasteiger partial charge in [-0.3, -0.25) is 19.1 Å². The lowest BCUT2D eigenvalue weighted by Gasteiger charge is -2.35. The molecule has 53 heavy (non-hydrogen) atoms. The maximum atomic E-state index is 14.6. The van der Waals surface area contributed by atoms with Gasteiger partial charge in [0.25, 0.3) is 5.91 Å². The van der Waals surface area contributed by atoms with E-state index in [-0.39, 0.29) is 37.3 Å². The predicted octanol–water partition coefficient (Wildman–Crippen LogP) is 4.54. The smallest absolute Gasteiger partial charge is 0.407 e. The van der Waals surface area contributed by atoms with Gasteiger partial charge in [-0.15, -0.1) is 0 Å². The molecule has 3 heterocycles. The second-order valence-corrected chi connectivity index (χ2v) is 19.2. The van der Waals surface area contributed by atoms with Crippen molar-refractivity contribution >= 4 is 44.6 Å². The van der Waals surface area contributed by atoms with Crippen LogP contribution < -0.4 is 20.1 Å². The van der Waals surface area contributed by atoms with Crippen LogP contribution >= 0.6 is 0 Å². The lowest BCUT2D eigenvalue weighted by molar-refractivity contribution is -0.143. The number of nitrogens with zero attached hydrogens (tertiary/aromatic N) is 2. The highest BCUT2D eigenvalue weighted by Gasteiger charge is 2.62. The molecule has 1 saturated heterocycles. The van der Waals surface area contributed by atoms with Crippen LogP contribution in [0.25, 0.3) is 10.8 Å². The number of cyclic esters (lactones) is 1. The highest BCUT2D eigenvalue weighted by Crippen LogP contribution is 2.47. The van der Waals surface area contributed by atoms with Crippen molar-refractivity contribution in [3.05, 3.63) is 35.5 Å². The quantitative estimate of drug-likeness (QED) is 0.367. The number of carbonyl (C=O) groups is 4. The minimum atomic E-state index is -3.86. The summed E-state index contributed by atoms with van der Waals surface area (Å²) in [5.74, 6) is -1.72. The Morgan fingerprint density at radius 1 is 1.11 bits per heavy atom. The van der Waals surface area contributed by atoms with E-state index in [1.807, 2.05) is 41.5 Å². The normalized spacial score (nSPS) is 27.9. The molecule has 0 unspecified atom stereocenters. The number of carbonyl (C=O) groups excluding carboxylic acids is 4. The van der Waals surface area contributed by atoms with Gasteiger partial charge >= 0.3 is 6.09 Å². The Morgan fingerprint density at radius 2 is 1.85 bits per heavy atom. The minimum absolute atomic E-state index is 0.0120. The number of amides is 4. The molecule has 3 fully saturated rings. The molecule has 4 aliphatic rings. The molecule has 4 amide bonds. The van der Waals surface area contributed by atoms with Crippen molar-refractivity contribution < 1.29 is 37.1 Å². The first-order valence-corrected chi connectivity index (χ1v) is 20.6. The molecular weight excluding hydrogens is 699 g/mol. The summed E-state index contributed by atoms with van der Waals surface area (Å²) in [6.45, 7) is 13.7. The van der Waals surface area contributed by atoms with Crippen LogP contribution in [0.1, 0.15) is 105 Å². The van der Waals surface area contributed by atoms with Gasteiger partial charge in [-0.25, -0.2) is 18.2 Å². The van der Waals surface area contributed by atoms with Crippen molar-refractivity contribution in [3.63, 3.8) is 0 Å². The first kappa shape index (κ1) is 38.8. The van der Waals surface area contributed by atoms with Gasteiger partial charge in [0.05, 0.1) is 18.4 Å². The Morgan fingerprint density at radius 3 is 2.49 bits per heavy atom. The van der Waals surface area contributed by atoms with Gasteiger partial charge in [-0.05, 0) is 84.3 Å². The average molecular weight is 754 g/mol. The Bertz CT molecular complexity index is 1890. The summed E-state index contributed by atoms with van der Waals surface area (Å²) in [5, 5.41) is 6.95. The van der Waals surface area contributed by atoms with E-state index in [1.54, 1.807) is 6.20 Å². The number of nitrogens with one attached hydrogen (secondary N) is 3. The zero-order valence-electron chi connectivity index (χ0n) is 32.0. The van der Waals surface area contributed by atoms with E-state index < -0.39 is 68.2 Å². The van der Waals surface area contributed by atoms with E-state index in [0.717, 1.165) is 47.6 Å². The molecule has 0 spiro atoms. The zero-order valence-corrected chi connectivity index (χ0v) is 32.9. The fourth-order valence-corrected chi connectivity index (χ4v) is 9.13. The molecule has 3 N–H and O–H groups in total. The summed E-state index contributed by atoms with van der Waals surface area (Å²) in [6, 6.07) is 4.16. The summed E-state index contributed by atoms with van der Waals surface area (Å²) in [7, 11) is -3.86. The monoisotopic (exact) mass is 753 g/mol. The van der Waals surface area contributed by atoms with Crippen molar-refractivity contribution in [1.29, 1.82) is 0 Å². The molecular formula is C39H55N5O8S. The van der Waals surface area contributed by atoms with Gasteiger partial charge in [0, 0.05) is 18.0 Å². The SMILES string of the molecule is CCc1cnc2c3cc(ccc13)CCCC(C)(C)COC(=O)N[C@@H](C(C)(C)C)C(=O)N1C[C@@H](C[C@H]1C(=O)N[C@]1(C(=O)NS(=O)(=O)C3CC3)C[C@H]1CC)O2. The lowest BCUT2D eigenvalue weighted by atomic mass is 9.85. The van der Waals surface area contributed by atoms with Crippen LogP contribution in [0.3, 0.4) is 0 Å². The van der Waals surface area contributed by atoms with E-state index in [2.05, 4.69) is 40.5 Å². The lowest BCUT2D eigenvalue weighted by Crippen LogP contribution is -2.60. The van der Waals surface area contributed by atoms with E-state index in [1.165, 1.54) is 4.90 Å². The topological polar surface area (TPSA) is 173 Å². The number of fused-ring (bicyclic) bond motifs is 3. The molecule has 1 aromatic carbocycles. The number of pyridine rings is 1. The van der Waals surface area contributed by atoms with Crippen molar-refractivity contribution in [2.24, 2.45) is 16.7 Å². The first-order chi connectivity index (χ1) is 24.9.